The van der Waals surface area contributed by atoms with E-state index in [1.54, 1.807) is 59.9 Å². The third-order valence-corrected chi connectivity index (χ3v) is 6.01. The second-order valence-corrected chi connectivity index (χ2v) is 10.3. The first-order valence-electron chi connectivity index (χ1n) is 12.5. The Hall–Kier alpha value is -4.55. The SMILES string of the molecule is [2H]C(Nc1cc(Cl)c2ncc(C#N)c(NCC(C)(C)C)c2c1)(c1cccnc1)c1cn(-c2cccnc2)nn1. The Morgan fingerprint density at radius 1 is 1.13 bits per heavy atom. The summed E-state index contributed by atoms with van der Waals surface area (Å²) in [6.45, 7) is 6.95. The highest BCUT2D eigenvalue weighted by molar-refractivity contribution is 6.35. The monoisotopic (exact) mass is 524 g/mol. The summed E-state index contributed by atoms with van der Waals surface area (Å²) in [6, 6.07) is 11.4. The fourth-order valence-corrected chi connectivity index (χ4v) is 4.16. The smallest absolute Gasteiger partial charge is 0.110 e. The number of nitriles is 1. The van der Waals surface area contributed by atoms with Gasteiger partial charge in [0.05, 0.1) is 47.3 Å². The zero-order valence-corrected chi connectivity index (χ0v) is 21.9. The maximum Gasteiger partial charge on any atom is 0.110 e. The Balaban J connectivity index is 1.62. The number of pyridine rings is 3. The van der Waals surface area contributed by atoms with Gasteiger partial charge in [-0.3, -0.25) is 15.0 Å². The van der Waals surface area contributed by atoms with Crippen LogP contribution in [0.1, 0.15) is 45.0 Å². The number of hydrogen-bond acceptors (Lipinski definition) is 8. The zero-order chi connectivity index (χ0) is 27.6. The molecule has 0 saturated heterocycles. The lowest BCUT2D eigenvalue weighted by Gasteiger charge is -2.22. The van der Waals surface area contributed by atoms with Crippen molar-refractivity contribution in [2.24, 2.45) is 5.41 Å². The van der Waals surface area contributed by atoms with Gasteiger partial charge in [-0.2, -0.15) is 5.26 Å². The Bertz CT molecular complexity index is 1660. The minimum atomic E-state index is -1.58. The average molecular weight is 525 g/mol. The van der Waals surface area contributed by atoms with Crippen molar-refractivity contribution >= 4 is 33.9 Å². The first kappa shape index (κ1) is 23.8. The summed E-state index contributed by atoms with van der Waals surface area (Å²) in [5, 5.41) is 26.1. The molecule has 1 unspecified atom stereocenters. The number of benzene rings is 1. The van der Waals surface area contributed by atoms with E-state index < -0.39 is 6.02 Å². The molecule has 0 saturated carbocycles. The molecule has 5 aromatic rings. The minimum Gasteiger partial charge on any atom is -0.383 e. The molecule has 0 spiro atoms. The standard InChI is InChI=1S/C28H26ClN9/c1-28(2,3)17-34-25-19(12-30)14-33-27-22(25)10-20(11-23(27)29)35-26(18-6-4-8-31-13-18)24-16-38(37-36-24)21-7-5-9-32-15-21/h4-11,13-16,26,35H,17H2,1-3H3,(H,33,34)/i26D. The van der Waals surface area contributed by atoms with Crippen LogP contribution in [0.2, 0.25) is 5.02 Å². The number of nitrogens with zero attached hydrogens (tertiary/aromatic N) is 7. The molecule has 0 amide bonds. The number of nitrogens with one attached hydrogen (secondary N) is 2. The molecule has 1 atom stereocenters. The topological polar surface area (TPSA) is 117 Å². The van der Waals surface area contributed by atoms with Crippen LogP contribution in [-0.4, -0.2) is 36.5 Å². The lowest BCUT2D eigenvalue weighted by atomic mass is 9.96. The summed E-state index contributed by atoms with van der Waals surface area (Å²) in [6.07, 6.45) is 9.79. The highest BCUT2D eigenvalue weighted by atomic mass is 35.5. The van der Waals surface area contributed by atoms with Crippen molar-refractivity contribution in [1.29, 1.82) is 5.26 Å². The van der Waals surface area contributed by atoms with Gasteiger partial charge in [-0.25, -0.2) is 4.68 Å². The first-order valence-corrected chi connectivity index (χ1v) is 12.3. The fourth-order valence-electron chi connectivity index (χ4n) is 3.89. The molecule has 1 aromatic carbocycles. The van der Waals surface area contributed by atoms with Crippen LogP contribution >= 0.6 is 11.6 Å². The van der Waals surface area contributed by atoms with Crippen LogP contribution in [0.15, 0.2) is 73.6 Å². The Labute approximate surface area is 226 Å². The van der Waals surface area contributed by atoms with Crippen molar-refractivity contribution in [3.05, 3.63) is 95.4 Å². The maximum atomic E-state index is 9.79. The predicted octanol–water partition coefficient (Wildman–Crippen LogP) is 5.79. The molecule has 4 aromatic heterocycles. The maximum absolute atomic E-state index is 9.79. The predicted molar refractivity (Wildman–Crippen MR) is 148 cm³/mol. The average Bonchev–Trinajstić information content (AvgIpc) is 3.43. The molecule has 38 heavy (non-hydrogen) atoms. The molecular formula is C28H26ClN9. The summed E-state index contributed by atoms with van der Waals surface area (Å²) < 4.78 is 11.1. The Morgan fingerprint density at radius 3 is 2.61 bits per heavy atom. The largest absolute Gasteiger partial charge is 0.383 e. The van der Waals surface area contributed by atoms with E-state index in [-0.39, 0.29) is 5.41 Å². The number of rotatable bonds is 7. The van der Waals surface area contributed by atoms with Gasteiger partial charge in [-0.05, 0) is 41.3 Å². The number of anilines is 2. The quantitative estimate of drug-likeness (QED) is 0.274. The van der Waals surface area contributed by atoms with Crippen molar-refractivity contribution in [2.75, 3.05) is 17.2 Å². The summed E-state index contributed by atoms with van der Waals surface area (Å²) in [5.74, 6) is 0. The summed E-state index contributed by atoms with van der Waals surface area (Å²) >= 11 is 6.70. The van der Waals surface area contributed by atoms with Crippen LogP contribution in [-0.2, 0) is 0 Å². The summed E-state index contributed by atoms with van der Waals surface area (Å²) in [5.41, 5.74) is 3.71. The lowest BCUT2D eigenvalue weighted by molar-refractivity contribution is 0.443. The molecule has 0 fully saturated rings. The Kier molecular flexibility index (Phi) is 6.54. The molecular weight excluding hydrogens is 498 g/mol. The van der Waals surface area contributed by atoms with E-state index in [1.807, 2.05) is 12.1 Å². The molecule has 0 radical (unpaired) electrons. The molecule has 0 aliphatic heterocycles. The van der Waals surface area contributed by atoms with Gasteiger partial charge in [-0.1, -0.05) is 43.7 Å². The van der Waals surface area contributed by atoms with Crippen molar-refractivity contribution in [3.63, 3.8) is 0 Å². The fraction of sp³-hybridized carbons (Fsp3) is 0.214. The number of hydrogen-bond donors (Lipinski definition) is 2. The molecule has 9 nitrogen and oxygen atoms in total. The van der Waals surface area contributed by atoms with E-state index in [4.69, 9.17) is 11.6 Å². The Morgan fingerprint density at radius 2 is 1.92 bits per heavy atom. The molecule has 0 bridgehead atoms. The van der Waals surface area contributed by atoms with Crippen LogP contribution in [0.25, 0.3) is 16.6 Å². The van der Waals surface area contributed by atoms with E-state index in [9.17, 15) is 6.63 Å². The van der Waals surface area contributed by atoms with Gasteiger partial charge in [0.1, 0.15) is 11.8 Å². The van der Waals surface area contributed by atoms with Crippen molar-refractivity contribution in [2.45, 2.75) is 26.8 Å². The summed E-state index contributed by atoms with van der Waals surface area (Å²) in [4.78, 5) is 12.8. The highest BCUT2D eigenvalue weighted by Gasteiger charge is 2.21. The van der Waals surface area contributed by atoms with Crippen LogP contribution in [0.5, 0.6) is 0 Å². The number of aromatic nitrogens is 6. The van der Waals surface area contributed by atoms with E-state index in [0.717, 1.165) is 0 Å². The molecule has 10 heteroatoms. The van der Waals surface area contributed by atoms with Crippen molar-refractivity contribution < 1.29 is 1.37 Å². The molecule has 190 valence electrons. The third-order valence-electron chi connectivity index (χ3n) is 5.72. The van der Waals surface area contributed by atoms with Crippen LogP contribution in [0.3, 0.4) is 0 Å². The van der Waals surface area contributed by atoms with Crippen molar-refractivity contribution in [1.82, 2.24) is 29.9 Å². The molecule has 4 heterocycles. The van der Waals surface area contributed by atoms with Gasteiger partial charge >= 0.3 is 0 Å². The van der Waals surface area contributed by atoms with E-state index in [2.05, 4.69) is 62.7 Å². The van der Waals surface area contributed by atoms with Crippen LogP contribution in [0, 0.1) is 16.7 Å². The minimum absolute atomic E-state index is 0.0291. The number of halogens is 1. The van der Waals surface area contributed by atoms with E-state index >= 15 is 0 Å². The zero-order valence-electron chi connectivity index (χ0n) is 22.1. The van der Waals surface area contributed by atoms with Gasteiger partial charge in [0, 0.05) is 42.4 Å². The second-order valence-electron chi connectivity index (χ2n) is 9.93. The van der Waals surface area contributed by atoms with Gasteiger partial charge in [-0.15, -0.1) is 5.10 Å². The highest BCUT2D eigenvalue weighted by Crippen LogP contribution is 2.36. The van der Waals surface area contributed by atoms with Crippen molar-refractivity contribution in [3.8, 4) is 11.8 Å². The normalized spacial score (nSPS) is 13.4. The first-order chi connectivity index (χ1) is 18.7. The third kappa shape index (κ3) is 5.41. The van der Waals surface area contributed by atoms with Crippen LogP contribution < -0.4 is 10.6 Å². The van der Waals surface area contributed by atoms with Gasteiger partial charge in [0.2, 0.25) is 0 Å². The van der Waals surface area contributed by atoms with Gasteiger partial charge in [0.15, 0.2) is 0 Å². The van der Waals surface area contributed by atoms with Gasteiger partial charge in [0.25, 0.3) is 0 Å². The van der Waals surface area contributed by atoms with E-state index in [1.165, 1.54) is 6.20 Å². The summed E-state index contributed by atoms with van der Waals surface area (Å²) in [7, 11) is 0. The molecule has 2 N–H and O–H groups in total. The van der Waals surface area contributed by atoms with Gasteiger partial charge < -0.3 is 10.6 Å². The number of fused-ring (bicyclic) bond motifs is 1. The van der Waals surface area contributed by atoms with E-state index in [0.29, 0.717) is 56.4 Å². The van der Waals surface area contributed by atoms with Crippen LogP contribution in [0.4, 0.5) is 11.4 Å². The second kappa shape index (κ2) is 10.4. The lowest BCUT2D eigenvalue weighted by Crippen LogP contribution is -2.20. The molecule has 0 aliphatic carbocycles. The molecule has 0 aliphatic rings. The molecule has 5 rings (SSSR count).